The first kappa shape index (κ1) is 19.2. The van der Waals surface area contributed by atoms with Crippen molar-refractivity contribution in [1.82, 2.24) is 19.4 Å². The number of amides is 1. The van der Waals surface area contributed by atoms with E-state index in [4.69, 9.17) is 4.74 Å². The molecule has 2 aliphatic rings. The quantitative estimate of drug-likeness (QED) is 0.744. The van der Waals surface area contributed by atoms with Crippen molar-refractivity contribution in [3.05, 3.63) is 10.6 Å². The third-order valence-corrected chi connectivity index (χ3v) is 6.40. The normalized spacial score (nSPS) is 26.7. The van der Waals surface area contributed by atoms with E-state index >= 15 is 0 Å². The highest BCUT2D eigenvalue weighted by atomic mass is 32.1. The van der Waals surface area contributed by atoms with Crippen LogP contribution in [0.5, 0.6) is 0 Å². The van der Waals surface area contributed by atoms with Crippen molar-refractivity contribution in [2.24, 2.45) is 11.3 Å². The smallest absolute Gasteiger partial charge is 0.313 e. The van der Waals surface area contributed by atoms with Gasteiger partial charge in [0.05, 0.1) is 16.9 Å². The van der Waals surface area contributed by atoms with Crippen LogP contribution in [0.15, 0.2) is 0 Å². The van der Waals surface area contributed by atoms with Gasteiger partial charge in [-0.2, -0.15) is 0 Å². The fraction of sp³-hybridized carbons (Fsp3) is 0.778. The lowest BCUT2D eigenvalue weighted by Gasteiger charge is -2.31. The van der Waals surface area contributed by atoms with Crippen molar-refractivity contribution in [3.63, 3.8) is 0 Å². The molecule has 0 bridgehead atoms. The van der Waals surface area contributed by atoms with Gasteiger partial charge in [0.15, 0.2) is 5.69 Å². The lowest BCUT2D eigenvalue weighted by Crippen LogP contribution is -2.43. The fourth-order valence-electron chi connectivity index (χ4n) is 4.24. The second-order valence-corrected chi connectivity index (χ2v) is 8.59. The zero-order valence-electron chi connectivity index (χ0n) is 16.0. The molecule has 3 heterocycles. The summed E-state index contributed by atoms with van der Waals surface area (Å²) in [6.07, 6.45) is 1.56. The van der Waals surface area contributed by atoms with Gasteiger partial charge in [0, 0.05) is 38.1 Å². The molecule has 0 aliphatic carbocycles. The minimum absolute atomic E-state index is 0.0705. The summed E-state index contributed by atoms with van der Waals surface area (Å²) in [4.78, 5) is 30.9. The number of nitrogens with zero attached hydrogens (tertiary/aromatic N) is 4. The minimum Gasteiger partial charge on any atom is -0.466 e. The molecule has 8 heteroatoms. The lowest BCUT2D eigenvalue weighted by atomic mass is 9.75. The van der Waals surface area contributed by atoms with Gasteiger partial charge >= 0.3 is 5.97 Å². The van der Waals surface area contributed by atoms with Crippen molar-refractivity contribution >= 4 is 23.4 Å². The van der Waals surface area contributed by atoms with Crippen LogP contribution in [-0.2, 0) is 9.53 Å². The van der Waals surface area contributed by atoms with Crippen molar-refractivity contribution in [1.29, 1.82) is 0 Å². The monoisotopic (exact) mass is 380 g/mol. The van der Waals surface area contributed by atoms with E-state index in [1.807, 2.05) is 18.7 Å². The molecule has 2 saturated heterocycles. The molecule has 7 nitrogen and oxygen atoms in total. The Morgan fingerprint density at radius 3 is 2.77 bits per heavy atom. The van der Waals surface area contributed by atoms with Crippen LogP contribution in [-0.4, -0.2) is 70.1 Å². The first-order valence-electron chi connectivity index (χ1n) is 9.38. The third-order valence-electron chi connectivity index (χ3n) is 5.77. The van der Waals surface area contributed by atoms with E-state index < -0.39 is 5.41 Å². The summed E-state index contributed by atoms with van der Waals surface area (Å²) in [5.41, 5.74) is -0.0673. The summed E-state index contributed by atoms with van der Waals surface area (Å²) in [5, 5.41) is 4.01. The SMILES string of the molecule is CCOC(=O)[C@@]12CCCN(C(=O)c3nnsc3C)C[C@H]1CN(C(C)C)C2. The van der Waals surface area contributed by atoms with E-state index in [1.54, 1.807) is 0 Å². The van der Waals surface area contributed by atoms with E-state index in [0.717, 1.165) is 24.3 Å². The second-order valence-electron chi connectivity index (χ2n) is 7.63. The zero-order chi connectivity index (χ0) is 18.9. The third kappa shape index (κ3) is 3.36. The molecule has 0 spiro atoms. The molecule has 0 saturated carbocycles. The van der Waals surface area contributed by atoms with E-state index in [-0.39, 0.29) is 17.8 Å². The number of carbonyl (C=O) groups excluding carboxylic acids is 2. The number of hydrogen-bond acceptors (Lipinski definition) is 7. The van der Waals surface area contributed by atoms with Gasteiger partial charge in [-0.05, 0) is 52.1 Å². The molecule has 144 valence electrons. The van der Waals surface area contributed by atoms with Crippen LogP contribution in [0.2, 0.25) is 0 Å². The van der Waals surface area contributed by atoms with Crippen molar-refractivity contribution in [2.45, 2.75) is 46.6 Å². The number of esters is 1. The second kappa shape index (κ2) is 7.60. The molecule has 0 aromatic carbocycles. The molecule has 2 fully saturated rings. The van der Waals surface area contributed by atoms with Crippen LogP contribution >= 0.6 is 11.5 Å². The summed E-state index contributed by atoms with van der Waals surface area (Å²) in [5.74, 6) is -0.0878. The van der Waals surface area contributed by atoms with Gasteiger partial charge < -0.3 is 9.64 Å². The summed E-state index contributed by atoms with van der Waals surface area (Å²) >= 11 is 1.25. The molecular formula is C18H28N4O3S. The average Bonchev–Trinajstić information content (AvgIpc) is 3.14. The van der Waals surface area contributed by atoms with E-state index in [0.29, 0.717) is 38.0 Å². The highest BCUT2D eigenvalue weighted by molar-refractivity contribution is 7.05. The Kier molecular flexibility index (Phi) is 5.62. The molecule has 26 heavy (non-hydrogen) atoms. The molecule has 2 atom stereocenters. The van der Waals surface area contributed by atoms with Gasteiger partial charge in [-0.1, -0.05) is 4.49 Å². The number of rotatable bonds is 4. The first-order chi connectivity index (χ1) is 12.4. The molecule has 1 amide bonds. The van der Waals surface area contributed by atoms with Crippen LogP contribution in [0, 0.1) is 18.3 Å². The Morgan fingerprint density at radius 2 is 2.15 bits per heavy atom. The van der Waals surface area contributed by atoms with E-state index in [9.17, 15) is 9.59 Å². The molecule has 0 unspecified atom stereocenters. The number of carbonyl (C=O) groups is 2. The highest BCUT2D eigenvalue weighted by Gasteiger charge is 2.54. The number of likely N-dealkylation sites (tertiary alicyclic amines) is 2. The summed E-state index contributed by atoms with van der Waals surface area (Å²) in [6.45, 7) is 11.2. The molecule has 0 radical (unpaired) electrons. The molecule has 1 aromatic heterocycles. The van der Waals surface area contributed by atoms with Crippen LogP contribution < -0.4 is 0 Å². The Bertz CT molecular complexity index is 677. The Balaban J connectivity index is 1.86. The maximum Gasteiger partial charge on any atom is 0.313 e. The molecule has 0 N–H and O–H groups in total. The first-order valence-corrected chi connectivity index (χ1v) is 10.2. The van der Waals surface area contributed by atoms with Gasteiger partial charge in [-0.15, -0.1) is 5.10 Å². The van der Waals surface area contributed by atoms with Crippen LogP contribution in [0.3, 0.4) is 0 Å². The van der Waals surface area contributed by atoms with Crippen molar-refractivity contribution in [2.75, 3.05) is 32.8 Å². The Morgan fingerprint density at radius 1 is 1.38 bits per heavy atom. The highest BCUT2D eigenvalue weighted by Crippen LogP contribution is 2.44. The van der Waals surface area contributed by atoms with Gasteiger partial charge in [0.1, 0.15) is 0 Å². The van der Waals surface area contributed by atoms with Gasteiger partial charge in [0.25, 0.3) is 5.91 Å². The number of hydrogen-bond donors (Lipinski definition) is 0. The minimum atomic E-state index is -0.509. The van der Waals surface area contributed by atoms with Crippen LogP contribution in [0.4, 0.5) is 0 Å². The maximum atomic E-state index is 12.9. The largest absolute Gasteiger partial charge is 0.466 e. The predicted molar refractivity (Wildman–Crippen MR) is 99.0 cm³/mol. The Labute approximate surface area is 158 Å². The molecule has 2 aliphatic heterocycles. The summed E-state index contributed by atoms with van der Waals surface area (Å²) < 4.78 is 9.36. The summed E-state index contributed by atoms with van der Waals surface area (Å²) in [7, 11) is 0. The molecule has 3 rings (SSSR count). The topological polar surface area (TPSA) is 75.6 Å². The summed E-state index contributed by atoms with van der Waals surface area (Å²) in [6, 6.07) is 0.363. The predicted octanol–water partition coefficient (Wildman–Crippen LogP) is 1.97. The molecule has 1 aromatic rings. The zero-order valence-corrected chi connectivity index (χ0v) is 16.8. The Hall–Kier alpha value is -1.54. The lowest BCUT2D eigenvalue weighted by molar-refractivity contribution is -0.157. The average molecular weight is 381 g/mol. The van der Waals surface area contributed by atoms with E-state index in [1.165, 1.54) is 11.5 Å². The number of aromatic nitrogens is 2. The number of ether oxygens (including phenoxy) is 1. The standard InChI is InChI=1S/C18H28N4O3S/c1-5-25-17(24)18-7-6-8-21(16(23)15-13(4)26-20-19-15)9-14(18)10-22(11-18)12(2)3/h12,14H,5-11H2,1-4H3/t14-,18+/m0/s1. The van der Waals surface area contributed by atoms with Crippen LogP contribution in [0.25, 0.3) is 0 Å². The van der Waals surface area contributed by atoms with Gasteiger partial charge in [-0.3, -0.25) is 14.5 Å². The van der Waals surface area contributed by atoms with E-state index in [2.05, 4.69) is 28.3 Å². The van der Waals surface area contributed by atoms with Crippen molar-refractivity contribution in [3.8, 4) is 0 Å². The van der Waals surface area contributed by atoms with Gasteiger partial charge in [0.2, 0.25) is 0 Å². The maximum absolute atomic E-state index is 12.9. The number of aryl methyl sites for hydroxylation is 1. The van der Waals surface area contributed by atoms with Gasteiger partial charge in [-0.25, -0.2) is 0 Å². The van der Waals surface area contributed by atoms with Crippen molar-refractivity contribution < 1.29 is 14.3 Å². The van der Waals surface area contributed by atoms with Crippen LogP contribution in [0.1, 0.15) is 49.0 Å². The molecular weight excluding hydrogens is 352 g/mol. The fourth-order valence-corrected chi connectivity index (χ4v) is 4.70. The number of fused-ring (bicyclic) bond motifs is 1.